The van der Waals surface area contributed by atoms with Crippen LogP contribution in [0.2, 0.25) is 0 Å². The summed E-state index contributed by atoms with van der Waals surface area (Å²) in [6.45, 7) is 6.32. The Hall–Kier alpha value is -1.77. The lowest BCUT2D eigenvalue weighted by molar-refractivity contribution is 0.414. The Morgan fingerprint density at radius 1 is 1.18 bits per heavy atom. The molecule has 0 spiro atoms. The third kappa shape index (κ3) is 2.33. The second-order valence-corrected chi connectivity index (χ2v) is 4.99. The molecule has 1 aromatic heterocycles. The van der Waals surface area contributed by atoms with Crippen molar-refractivity contribution in [1.82, 2.24) is 4.98 Å². The maximum Gasteiger partial charge on any atom is 0.229 e. The minimum Gasteiger partial charge on any atom is -0.496 e. The van der Waals surface area contributed by atoms with Crippen molar-refractivity contribution in [2.24, 2.45) is 0 Å². The lowest BCUT2D eigenvalue weighted by Crippen LogP contribution is -2.11. The number of para-hydroxylation sites is 1. The predicted octanol–water partition coefficient (Wildman–Crippen LogP) is 3.65. The Morgan fingerprint density at radius 2 is 1.88 bits per heavy atom. The maximum atomic E-state index is 5.53. The van der Waals surface area contributed by atoms with E-state index in [0.29, 0.717) is 5.89 Å². The first kappa shape index (κ1) is 11.7. The second kappa shape index (κ2) is 4.24. The number of hydrogen-bond acceptors (Lipinski definition) is 3. The fraction of sp³-hybridized carbons (Fsp3) is 0.357. The molecule has 17 heavy (non-hydrogen) atoms. The predicted molar refractivity (Wildman–Crippen MR) is 67.2 cm³/mol. The Balaban J connectivity index is 2.44. The molecule has 0 radical (unpaired) electrons. The van der Waals surface area contributed by atoms with Gasteiger partial charge < -0.3 is 9.15 Å². The van der Waals surface area contributed by atoms with E-state index in [1.165, 1.54) is 0 Å². The van der Waals surface area contributed by atoms with E-state index in [0.717, 1.165) is 17.0 Å². The molecule has 0 bridgehead atoms. The van der Waals surface area contributed by atoms with E-state index < -0.39 is 0 Å². The van der Waals surface area contributed by atoms with Gasteiger partial charge in [-0.2, -0.15) is 0 Å². The van der Waals surface area contributed by atoms with Gasteiger partial charge in [-0.25, -0.2) is 4.98 Å². The summed E-state index contributed by atoms with van der Waals surface area (Å²) < 4.78 is 10.8. The number of oxazole rings is 1. The van der Waals surface area contributed by atoms with Gasteiger partial charge in [-0.3, -0.25) is 0 Å². The average molecular weight is 231 g/mol. The van der Waals surface area contributed by atoms with Gasteiger partial charge in [0.25, 0.3) is 0 Å². The topological polar surface area (TPSA) is 35.3 Å². The van der Waals surface area contributed by atoms with E-state index in [-0.39, 0.29) is 5.41 Å². The van der Waals surface area contributed by atoms with Crippen LogP contribution >= 0.6 is 0 Å². The molecule has 0 aliphatic heterocycles. The van der Waals surface area contributed by atoms with E-state index in [9.17, 15) is 0 Å². The SMILES string of the molecule is COc1ccccc1-c1nc(C(C)(C)C)co1. The molecule has 0 atom stereocenters. The molecule has 3 nitrogen and oxygen atoms in total. The summed E-state index contributed by atoms with van der Waals surface area (Å²) in [5.41, 5.74) is 1.81. The van der Waals surface area contributed by atoms with Gasteiger partial charge in [-0.1, -0.05) is 32.9 Å². The van der Waals surface area contributed by atoms with Crippen molar-refractivity contribution in [3.63, 3.8) is 0 Å². The molecule has 0 saturated carbocycles. The summed E-state index contributed by atoms with van der Waals surface area (Å²) in [7, 11) is 1.65. The zero-order valence-electron chi connectivity index (χ0n) is 10.7. The minimum absolute atomic E-state index is 0.0102. The Labute approximate surface area is 101 Å². The van der Waals surface area contributed by atoms with Gasteiger partial charge in [0, 0.05) is 5.41 Å². The fourth-order valence-electron chi connectivity index (χ4n) is 1.56. The van der Waals surface area contributed by atoms with Gasteiger partial charge in [0.1, 0.15) is 12.0 Å². The van der Waals surface area contributed by atoms with E-state index in [2.05, 4.69) is 25.8 Å². The number of ether oxygens (including phenoxy) is 1. The van der Waals surface area contributed by atoms with Crippen molar-refractivity contribution < 1.29 is 9.15 Å². The normalized spacial score (nSPS) is 11.5. The molecule has 2 aromatic rings. The first-order valence-corrected chi connectivity index (χ1v) is 5.62. The van der Waals surface area contributed by atoms with Gasteiger partial charge in [-0.15, -0.1) is 0 Å². The molecule has 0 unspecified atom stereocenters. The third-order valence-corrected chi connectivity index (χ3v) is 2.61. The quantitative estimate of drug-likeness (QED) is 0.791. The van der Waals surface area contributed by atoms with Gasteiger partial charge in [0.05, 0.1) is 18.4 Å². The molecule has 1 heterocycles. The summed E-state index contributed by atoms with van der Waals surface area (Å²) in [5.74, 6) is 1.38. The number of benzene rings is 1. The van der Waals surface area contributed by atoms with Gasteiger partial charge >= 0.3 is 0 Å². The van der Waals surface area contributed by atoms with Crippen LogP contribution < -0.4 is 4.74 Å². The van der Waals surface area contributed by atoms with Gasteiger partial charge in [0.2, 0.25) is 5.89 Å². The number of hydrogen-bond donors (Lipinski definition) is 0. The molecule has 1 aromatic carbocycles. The Bertz CT molecular complexity index is 509. The van der Waals surface area contributed by atoms with Crippen molar-refractivity contribution in [2.75, 3.05) is 7.11 Å². The van der Waals surface area contributed by atoms with E-state index in [1.54, 1.807) is 13.4 Å². The largest absolute Gasteiger partial charge is 0.496 e. The number of nitrogens with zero attached hydrogens (tertiary/aromatic N) is 1. The van der Waals surface area contributed by atoms with E-state index in [4.69, 9.17) is 9.15 Å². The molecule has 0 aliphatic rings. The van der Waals surface area contributed by atoms with Crippen molar-refractivity contribution >= 4 is 0 Å². The van der Waals surface area contributed by atoms with Gasteiger partial charge in [-0.05, 0) is 12.1 Å². The highest BCUT2D eigenvalue weighted by Gasteiger charge is 2.20. The lowest BCUT2D eigenvalue weighted by atomic mass is 9.93. The van der Waals surface area contributed by atoms with Crippen LogP contribution in [0.15, 0.2) is 34.9 Å². The van der Waals surface area contributed by atoms with Crippen LogP contribution in [-0.2, 0) is 5.41 Å². The average Bonchev–Trinajstić information content (AvgIpc) is 2.77. The highest BCUT2D eigenvalue weighted by atomic mass is 16.5. The maximum absolute atomic E-state index is 5.53. The molecule has 0 aliphatic carbocycles. The first-order valence-electron chi connectivity index (χ1n) is 5.62. The van der Waals surface area contributed by atoms with Crippen molar-refractivity contribution in [3.8, 4) is 17.2 Å². The summed E-state index contributed by atoms with van der Waals surface area (Å²) in [4.78, 5) is 4.51. The number of rotatable bonds is 2. The second-order valence-electron chi connectivity index (χ2n) is 4.99. The summed E-state index contributed by atoms with van der Waals surface area (Å²) in [6.07, 6.45) is 1.71. The molecule has 0 N–H and O–H groups in total. The monoisotopic (exact) mass is 231 g/mol. The first-order chi connectivity index (χ1) is 8.02. The highest BCUT2D eigenvalue weighted by molar-refractivity contribution is 5.62. The summed E-state index contributed by atoms with van der Waals surface area (Å²) in [6, 6.07) is 7.71. The van der Waals surface area contributed by atoms with Crippen molar-refractivity contribution in [3.05, 3.63) is 36.2 Å². The van der Waals surface area contributed by atoms with Crippen molar-refractivity contribution in [2.45, 2.75) is 26.2 Å². The molecule has 0 fully saturated rings. The number of aromatic nitrogens is 1. The molecule has 0 amide bonds. The molecular formula is C14H17NO2. The van der Waals surface area contributed by atoms with Crippen molar-refractivity contribution in [1.29, 1.82) is 0 Å². The van der Waals surface area contributed by atoms with Crippen LogP contribution in [0, 0.1) is 0 Å². The standard InChI is InChI=1S/C14H17NO2/c1-14(2,3)12-9-17-13(15-12)10-7-5-6-8-11(10)16-4/h5-9H,1-4H3. The number of methoxy groups -OCH3 is 1. The van der Waals surface area contributed by atoms with Crippen LogP contribution in [0.1, 0.15) is 26.5 Å². The fourth-order valence-corrected chi connectivity index (χ4v) is 1.56. The summed E-state index contributed by atoms with van der Waals surface area (Å²) >= 11 is 0. The van der Waals surface area contributed by atoms with Gasteiger partial charge in [0.15, 0.2) is 0 Å². The molecule has 3 heteroatoms. The smallest absolute Gasteiger partial charge is 0.229 e. The zero-order chi connectivity index (χ0) is 12.5. The third-order valence-electron chi connectivity index (χ3n) is 2.61. The van der Waals surface area contributed by atoms with E-state index in [1.807, 2.05) is 24.3 Å². The molecule has 90 valence electrons. The zero-order valence-corrected chi connectivity index (χ0v) is 10.7. The lowest BCUT2D eigenvalue weighted by Gasteiger charge is -2.13. The van der Waals surface area contributed by atoms with Crippen LogP contribution in [-0.4, -0.2) is 12.1 Å². The van der Waals surface area contributed by atoms with Crippen LogP contribution in [0.5, 0.6) is 5.75 Å². The molecule has 2 rings (SSSR count). The van der Waals surface area contributed by atoms with Crippen LogP contribution in [0.3, 0.4) is 0 Å². The Kier molecular flexibility index (Phi) is 2.92. The van der Waals surface area contributed by atoms with Crippen LogP contribution in [0.4, 0.5) is 0 Å². The summed E-state index contributed by atoms with van der Waals surface area (Å²) in [5, 5.41) is 0. The minimum atomic E-state index is -0.0102. The molecular weight excluding hydrogens is 214 g/mol. The Morgan fingerprint density at radius 3 is 2.47 bits per heavy atom. The highest BCUT2D eigenvalue weighted by Crippen LogP contribution is 2.31. The molecule has 0 saturated heterocycles. The van der Waals surface area contributed by atoms with E-state index >= 15 is 0 Å². The van der Waals surface area contributed by atoms with Crippen LogP contribution in [0.25, 0.3) is 11.5 Å².